The van der Waals surface area contributed by atoms with E-state index < -0.39 is 10.0 Å². The maximum absolute atomic E-state index is 13.1. The van der Waals surface area contributed by atoms with E-state index in [-0.39, 0.29) is 23.3 Å². The van der Waals surface area contributed by atoms with Gasteiger partial charge in [0.2, 0.25) is 15.9 Å². The Balaban J connectivity index is 1.50. The van der Waals surface area contributed by atoms with E-state index in [2.05, 4.69) is 14.1 Å². The fourth-order valence-electron chi connectivity index (χ4n) is 3.24. The second-order valence-electron chi connectivity index (χ2n) is 6.39. The lowest BCUT2D eigenvalue weighted by Gasteiger charge is -2.31. The van der Waals surface area contributed by atoms with Crippen molar-refractivity contribution < 1.29 is 13.2 Å². The summed E-state index contributed by atoms with van der Waals surface area (Å²) in [6.45, 7) is 1.07. The van der Waals surface area contributed by atoms with Gasteiger partial charge in [0.15, 0.2) is 0 Å². The minimum atomic E-state index is -3.72. The fraction of sp³-hybridized carbons (Fsp3) is 0.353. The van der Waals surface area contributed by atoms with Crippen LogP contribution >= 0.6 is 23.1 Å². The van der Waals surface area contributed by atoms with Crippen LogP contribution in [0, 0.1) is 5.92 Å². The molecule has 10 heteroatoms. The van der Waals surface area contributed by atoms with E-state index in [1.807, 2.05) is 17.5 Å². The van der Waals surface area contributed by atoms with Crippen molar-refractivity contribution in [1.29, 1.82) is 0 Å². The van der Waals surface area contributed by atoms with E-state index in [0.717, 1.165) is 16.6 Å². The summed E-state index contributed by atoms with van der Waals surface area (Å²) >= 11 is 2.58. The number of fused-ring (bicyclic) bond motifs is 1. The summed E-state index contributed by atoms with van der Waals surface area (Å²) < 4.78 is 35.9. The zero-order valence-electron chi connectivity index (χ0n) is 14.4. The highest BCUT2D eigenvalue weighted by atomic mass is 32.2. The number of sulfonamides is 1. The molecule has 142 valence electrons. The molecule has 0 unspecified atom stereocenters. The summed E-state index contributed by atoms with van der Waals surface area (Å²) in [7, 11) is -3.72. The first kappa shape index (κ1) is 18.5. The first-order chi connectivity index (χ1) is 13.1. The van der Waals surface area contributed by atoms with E-state index in [1.165, 1.54) is 4.31 Å². The summed E-state index contributed by atoms with van der Waals surface area (Å²) in [5.74, 6) is -0.446. The van der Waals surface area contributed by atoms with E-state index in [1.54, 1.807) is 29.5 Å². The molecule has 0 spiro atoms. The van der Waals surface area contributed by atoms with Crippen LogP contribution in [0.2, 0.25) is 0 Å². The van der Waals surface area contributed by atoms with Crippen LogP contribution in [0.15, 0.2) is 40.6 Å². The zero-order chi connectivity index (χ0) is 18.9. The second kappa shape index (κ2) is 7.63. The fourth-order valence-corrected chi connectivity index (χ4v) is 6.16. The van der Waals surface area contributed by atoms with Gasteiger partial charge >= 0.3 is 0 Å². The Morgan fingerprint density at radius 2 is 2.15 bits per heavy atom. The molecule has 0 bridgehead atoms. The largest absolute Gasteiger partial charge is 0.351 e. The highest BCUT2D eigenvalue weighted by molar-refractivity contribution is 7.89. The third kappa shape index (κ3) is 3.75. The van der Waals surface area contributed by atoms with Crippen molar-refractivity contribution in [3.8, 4) is 0 Å². The molecule has 4 rings (SSSR count). The van der Waals surface area contributed by atoms with Crippen molar-refractivity contribution in [3.63, 3.8) is 0 Å². The summed E-state index contributed by atoms with van der Waals surface area (Å²) in [5, 5.41) is 4.88. The standard InChI is InChI=1S/C17H18N4O3S3/c22-17(18-10-13-5-3-9-25-13)12-4-2-8-21(11-12)27(23,24)15-7-1-6-14-16(15)20-26-19-14/h1,3,5-7,9,12H,2,4,8,10-11H2,(H,18,22)/t12-/m0/s1. The van der Waals surface area contributed by atoms with Crippen LogP contribution in [0.5, 0.6) is 0 Å². The Labute approximate surface area is 165 Å². The summed E-state index contributed by atoms with van der Waals surface area (Å²) in [5.41, 5.74) is 0.968. The molecule has 1 saturated heterocycles. The van der Waals surface area contributed by atoms with Gasteiger partial charge in [-0.3, -0.25) is 4.79 Å². The molecule has 0 aliphatic carbocycles. The quantitative estimate of drug-likeness (QED) is 0.682. The molecule has 7 nitrogen and oxygen atoms in total. The van der Waals surface area contributed by atoms with Gasteiger partial charge in [0.25, 0.3) is 0 Å². The molecular weight excluding hydrogens is 404 g/mol. The molecule has 1 N–H and O–H groups in total. The number of piperidine rings is 1. The molecule has 3 aromatic rings. The SMILES string of the molecule is O=C(NCc1cccs1)[C@H]1CCCN(S(=O)(=O)c2cccc3nsnc23)C1. The van der Waals surface area contributed by atoms with Crippen molar-refractivity contribution >= 4 is 50.0 Å². The van der Waals surface area contributed by atoms with Gasteiger partial charge in [0.05, 0.1) is 24.2 Å². The molecule has 27 heavy (non-hydrogen) atoms. The molecule has 1 atom stereocenters. The van der Waals surface area contributed by atoms with Crippen LogP contribution in [-0.2, 0) is 21.4 Å². The number of carbonyl (C=O) groups is 1. The highest BCUT2D eigenvalue weighted by Gasteiger charge is 2.34. The predicted octanol–water partition coefficient (Wildman–Crippen LogP) is 2.47. The maximum Gasteiger partial charge on any atom is 0.245 e. The van der Waals surface area contributed by atoms with E-state index >= 15 is 0 Å². The molecule has 1 aliphatic rings. The highest BCUT2D eigenvalue weighted by Crippen LogP contribution is 2.28. The second-order valence-corrected chi connectivity index (χ2v) is 9.85. The smallest absolute Gasteiger partial charge is 0.245 e. The molecule has 0 radical (unpaired) electrons. The molecular formula is C17H18N4O3S3. The van der Waals surface area contributed by atoms with Crippen molar-refractivity contribution in [3.05, 3.63) is 40.6 Å². The number of thiophene rings is 1. The van der Waals surface area contributed by atoms with Gasteiger partial charge in [-0.05, 0) is 36.4 Å². The predicted molar refractivity (Wildman–Crippen MR) is 105 cm³/mol. The third-order valence-corrected chi connectivity index (χ3v) is 7.95. The van der Waals surface area contributed by atoms with Crippen LogP contribution in [0.1, 0.15) is 17.7 Å². The van der Waals surface area contributed by atoms with Crippen LogP contribution in [-0.4, -0.2) is 40.5 Å². The van der Waals surface area contributed by atoms with Gasteiger partial charge in [0, 0.05) is 18.0 Å². The summed E-state index contributed by atoms with van der Waals surface area (Å²) in [4.78, 5) is 13.8. The lowest BCUT2D eigenvalue weighted by atomic mass is 9.99. The minimum absolute atomic E-state index is 0.100. The Morgan fingerprint density at radius 1 is 1.26 bits per heavy atom. The van der Waals surface area contributed by atoms with E-state index in [4.69, 9.17) is 0 Å². The molecule has 1 aromatic carbocycles. The monoisotopic (exact) mass is 422 g/mol. The number of rotatable bonds is 5. The Bertz CT molecular complexity index is 1050. The first-order valence-electron chi connectivity index (χ1n) is 8.57. The van der Waals surface area contributed by atoms with Crippen molar-refractivity contribution in [1.82, 2.24) is 18.4 Å². The normalized spacial score (nSPS) is 18.6. The number of amides is 1. The molecule has 0 saturated carbocycles. The number of carbonyl (C=O) groups excluding carboxylic acids is 1. The molecule has 1 aliphatic heterocycles. The zero-order valence-corrected chi connectivity index (χ0v) is 16.8. The first-order valence-corrected chi connectivity index (χ1v) is 11.6. The molecule has 3 heterocycles. The van der Waals surface area contributed by atoms with Gasteiger partial charge in [-0.1, -0.05) is 12.1 Å². The van der Waals surface area contributed by atoms with Gasteiger partial charge in [0.1, 0.15) is 15.9 Å². The number of benzene rings is 1. The number of nitrogens with one attached hydrogen (secondary N) is 1. The van der Waals surface area contributed by atoms with Crippen LogP contribution in [0.4, 0.5) is 0 Å². The van der Waals surface area contributed by atoms with Gasteiger partial charge in [-0.15, -0.1) is 11.3 Å². The van der Waals surface area contributed by atoms with Gasteiger partial charge < -0.3 is 5.32 Å². The lowest BCUT2D eigenvalue weighted by Crippen LogP contribution is -2.45. The van der Waals surface area contributed by atoms with E-state index in [9.17, 15) is 13.2 Å². The van der Waals surface area contributed by atoms with Gasteiger partial charge in [-0.25, -0.2) is 8.42 Å². The average molecular weight is 423 g/mol. The Morgan fingerprint density at radius 3 is 2.96 bits per heavy atom. The Hall–Kier alpha value is -1.88. The van der Waals surface area contributed by atoms with Crippen LogP contribution in [0.3, 0.4) is 0 Å². The number of nitrogens with zero attached hydrogens (tertiary/aromatic N) is 3. The third-order valence-electron chi connectivity index (χ3n) is 4.64. The minimum Gasteiger partial charge on any atom is -0.351 e. The Kier molecular flexibility index (Phi) is 5.22. The lowest BCUT2D eigenvalue weighted by molar-refractivity contribution is -0.126. The van der Waals surface area contributed by atoms with Crippen molar-refractivity contribution in [2.75, 3.05) is 13.1 Å². The topological polar surface area (TPSA) is 92.3 Å². The number of hydrogen-bond donors (Lipinski definition) is 1. The van der Waals surface area contributed by atoms with Crippen molar-refractivity contribution in [2.45, 2.75) is 24.3 Å². The number of aromatic nitrogens is 2. The summed E-state index contributed by atoms with van der Waals surface area (Å²) in [6.07, 6.45) is 1.34. The molecule has 1 fully saturated rings. The van der Waals surface area contributed by atoms with Crippen LogP contribution < -0.4 is 5.32 Å². The maximum atomic E-state index is 13.1. The van der Waals surface area contributed by atoms with Crippen LogP contribution in [0.25, 0.3) is 11.0 Å². The summed E-state index contributed by atoms with van der Waals surface area (Å²) in [6, 6.07) is 8.88. The molecule has 2 aromatic heterocycles. The number of hydrogen-bond acceptors (Lipinski definition) is 7. The molecule has 1 amide bonds. The average Bonchev–Trinajstić information content (AvgIpc) is 3.37. The van der Waals surface area contributed by atoms with E-state index in [0.29, 0.717) is 37.0 Å². The van der Waals surface area contributed by atoms with Crippen molar-refractivity contribution in [2.24, 2.45) is 5.92 Å². The van der Waals surface area contributed by atoms with Gasteiger partial charge in [-0.2, -0.15) is 13.1 Å².